The summed E-state index contributed by atoms with van der Waals surface area (Å²) in [5.41, 5.74) is 3.07. The molecule has 1 aliphatic heterocycles. The maximum atomic E-state index is 13.2. The van der Waals surface area contributed by atoms with Crippen LogP contribution in [0.2, 0.25) is 5.02 Å². The second-order valence-electron chi connectivity index (χ2n) is 8.68. The molecule has 0 bridgehead atoms. The van der Waals surface area contributed by atoms with Crippen LogP contribution in [-0.2, 0) is 20.9 Å². The number of likely N-dealkylation sites (tertiary alicyclic amines) is 1. The predicted octanol–water partition coefficient (Wildman–Crippen LogP) is 5.30. The molecule has 0 saturated carbocycles. The lowest BCUT2D eigenvalue weighted by Gasteiger charge is -2.25. The number of benzene rings is 3. The Kier molecular flexibility index (Phi) is 8.16. The van der Waals surface area contributed by atoms with E-state index in [1.54, 1.807) is 30.3 Å². The zero-order valence-electron chi connectivity index (χ0n) is 20.9. The quantitative estimate of drug-likeness (QED) is 0.233. The first-order valence-corrected chi connectivity index (χ1v) is 12.1. The summed E-state index contributed by atoms with van der Waals surface area (Å²) in [7, 11) is 3.00. The predicted molar refractivity (Wildman–Crippen MR) is 141 cm³/mol. The highest BCUT2D eigenvalue weighted by atomic mass is 35.5. The van der Waals surface area contributed by atoms with Crippen LogP contribution < -0.4 is 9.47 Å². The normalized spacial score (nSPS) is 16.8. The molecule has 1 saturated heterocycles. The van der Waals surface area contributed by atoms with Crippen molar-refractivity contribution >= 4 is 29.1 Å². The number of carbonyl (C=O) groups is 2. The Balaban J connectivity index is 1.73. The number of Topliss-reactive ketones (excluding diaryl/α,β-unsaturated/α-hetero) is 1. The van der Waals surface area contributed by atoms with E-state index in [4.69, 9.17) is 25.8 Å². The SMILES string of the molecule is COCCN1C(=O)C(=O)/C(=C(/O)c2ccc(OC)c(Cl)c2)C1c1cccc(OCc2ccc(C)cc2)c1. The molecule has 1 atom stereocenters. The number of aryl methyl sites for hydroxylation is 1. The smallest absolute Gasteiger partial charge is 0.295 e. The lowest BCUT2D eigenvalue weighted by Crippen LogP contribution is -2.32. The van der Waals surface area contributed by atoms with Gasteiger partial charge < -0.3 is 24.2 Å². The van der Waals surface area contributed by atoms with Gasteiger partial charge in [-0.25, -0.2) is 0 Å². The van der Waals surface area contributed by atoms with Gasteiger partial charge in [-0.2, -0.15) is 0 Å². The second kappa shape index (κ2) is 11.5. The molecule has 1 amide bonds. The van der Waals surface area contributed by atoms with Crippen molar-refractivity contribution in [3.8, 4) is 11.5 Å². The van der Waals surface area contributed by atoms with Crippen LogP contribution in [0, 0.1) is 6.92 Å². The molecule has 4 rings (SSSR count). The average Bonchev–Trinajstić information content (AvgIpc) is 3.16. The van der Waals surface area contributed by atoms with E-state index in [9.17, 15) is 14.7 Å². The lowest BCUT2D eigenvalue weighted by molar-refractivity contribution is -0.140. The second-order valence-corrected chi connectivity index (χ2v) is 9.09. The summed E-state index contributed by atoms with van der Waals surface area (Å²) < 4.78 is 16.4. The van der Waals surface area contributed by atoms with Crippen LogP contribution in [0.15, 0.2) is 72.3 Å². The molecule has 1 heterocycles. The van der Waals surface area contributed by atoms with Gasteiger partial charge in [0.2, 0.25) is 0 Å². The van der Waals surface area contributed by atoms with Crippen LogP contribution in [0.3, 0.4) is 0 Å². The molecular formula is C29H28ClNO6. The van der Waals surface area contributed by atoms with Gasteiger partial charge in [0.25, 0.3) is 11.7 Å². The van der Waals surface area contributed by atoms with Crippen molar-refractivity contribution in [2.24, 2.45) is 0 Å². The number of aliphatic hydroxyl groups excluding tert-OH is 1. The fraction of sp³-hybridized carbons (Fsp3) is 0.241. The largest absolute Gasteiger partial charge is 0.507 e. The number of ketones is 1. The standard InChI is InChI=1S/C29H28ClNO6/c1-18-7-9-19(10-8-18)17-37-22-6-4-5-20(15-22)26-25(28(33)29(34)31(26)13-14-35-2)27(32)21-11-12-24(36-3)23(30)16-21/h4-12,15-16,26,32H,13-14,17H2,1-3H3/b27-25+. The summed E-state index contributed by atoms with van der Waals surface area (Å²) in [6.07, 6.45) is 0. The fourth-order valence-electron chi connectivity index (χ4n) is 4.24. The van der Waals surface area contributed by atoms with Gasteiger partial charge >= 0.3 is 0 Å². The Labute approximate surface area is 220 Å². The monoisotopic (exact) mass is 521 g/mol. The van der Waals surface area contributed by atoms with Crippen molar-refractivity contribution < 1.29 is 28.9 Å². The molecule has 7 nitrogen and oxygen atoms in total. The summed E-state index contributed by atoms with van der Waals surface area (Å²) >= 11 is 6.26. The van der Waals surface area contributed by atoms with Gasteiger partial charge in [0, 0.05) is 19.2 Å². The molecule has 0 radical (unpaired) electrons. The van der Waals surface area contributed by atoms with Crippen LogP contribution in [0.4, 0.5) is 0 Å². The Morgan fingerprint density at radius 2 is 1.78 bits per heavy atom. The maximum absolute atomic E-state index is 13.2. The molecule has 1 unspecified atom stereocenters. The van der Waals surface area contributed by atoms with Gasteiger partial charge in [-0.3, -0.25) is 9.59 Å². The Morgan fingerprint density at radius 1 is 1.03 bits per heavy atom. The molecule has 0 aliphatic carbocycles. The molecular weight excluding hydrogens is 494 g/mol. The van der Waals surface area contributed by atoms with E-state index in [1.165, 1.54) is 25.2 Å². The molecule has 1 fully saturated rings. The van der Waals surface area contributed by atoms with E-state index in [2.05, 4.69) is 0 Å². The highest BCUT2D eigenvalue weighted by Gasteiger charge is 2.46. The number of ether oxygens (including phenoxy) is 3. The van der Waals surface area contributed by atoms with E-state index < -0.39 is 17.7 Å². The van der Waals surface area contributed by atoms with E-state index in [-0.39, 0.29) is 29.5 Å². The number of halogens is 1. The minimum absolute atomic E-state index is 0.0296. The number of nitrogens with zero attached hydrogens (tertiary/aromatic N) is 1. The van der Waals surface area contributed by atoms with E-state index in [1.807, 2.05) is 37.3 Å². The molecule has 0 aromatic heterocycles. The molecule has 3 aromatic rings. The number of hydrogen-bond acceptors (Lipinski definition) is 6. The van der Waals surface area contributed by atoms with Crippen molar-refractivity contribution in [2.45, 2.75) is 19.6 Å². The van der Waals surface area contributed by atoms with Crippen molar-refractivity contribution in [2.75, 3.05) is 27.4 Å². The number of rotatable bonds is 9. The number of amides is 1. The van der Waals surface area contributed by atoms with Crippen molar-refractivity contribution in [1.29, 1.82) is 0 Å². The van der Waals surface area contributed by atoms with Gasteiger partial charge in [-0.15, -0.1) is 0 Å². The summed E-state index contributed by atoms with van der Waals surface area (Å²) in [6.45, 7) is 2.77. The summed E-state index contributed by atoms with van der Waals surface area (Å²) in [5.74, 6) is -0.818. The summed E-state index contributed by atoms with van der Waals surface area (Å²) in [5, 5.41) is 11.5. The van der Waals surface area contributed by atoms with Crippen molar-refractivity contribution in [1.82, 2.24) is 4.90 Å². The van der Waals surface area contributed by atoms with E-state index in [0.29, 0.717) is 29.2 Å². The van der Waals surface area contributed by atoms with Crippen LogP contribution in [0.1, 0.15) is 28.3 Å². The fourth-order valence-corrected chi connectivity index (χ4v) is 4.50. The van der Waals surface area contributed by atoms with Crippen LogP contribution in [0.25, 0.3) is 5.76 Å². The highest BCUT2D eigenvalue weighted by Crippen LogP contribution is 2.41. The number of aliphatic hydroxyl groups is 1. The molecule has 192 valence electrons. The summed E-state index contributed by atoms with van der Waals surface area (Å²) in [6, 6.07) is 19.0. The number of methoxy groups -OCH3 is 2. The third kappa shape index (κ3) is 5.63. The Hall–Kier alpha value is -3.81. The first-order valence-electron chi connectivity index (χ1n) is 11.7. The van der Waals surface area contributed by atoms with E-state index >= 15 is 0 Å². The lowest BCUT2D eigenvalue weighted by atomic mass is 9.95. The molecule has 1 N–H and O–H groups in total. The minimum atomic E-state index is -0.834. The molecule has 1 aliphatic rings. The zero-order valence-corrected chi connectivity index (χ0v) is 21.6. The summed E-state index contributed by atoms with van der Waals surface area (Å²) in [4.78, 5) is 27.6. The van der Waals surface area contributed by atoms with Gasteiger partial charge in [0.05, 0.1) is 30.4 Å². The first kappa shape index (κ1) is 26.3. The third-order valence-corrected chi connectivity index (χ3v) is 6.50. The van der Waals surface area contributed by atoms with E-state index in [0.717, 1.165) is 11.1 Å². The van der Waals surface area contributed by atoms with Gasteiger partial charge in [0.15, 0.2) is 0 Å². The third-order valence-electron chi connectivity index (χ3n) is 6.20. The Morgan fingerprint density at radius 3 is 2.46 bits per heavy atom. The minimum Gasteiger partial charge on any atom is -0.507 e. The number of carbonyl (C=O) groups excluding carboxylic acids is 2. The van der Waals surface area contributed by atoms with Gasteiger partial charge in [0.1, 0.15) is 23.9 Å². The highest BCUT2D eigenvalue weighted by molar-refractivity contribution is 6.46. The molecule has 0 spiro atoms. The van der Waals surface area contributed by atoms with Crippen LogP contribution >= 0.6 is 11.6 Å². The molecule has 37 heavy (non-hydrogen) atoms. The topological polar surface area (TPSA) is 85.3 Å². The zero-order chi connectivity index (χ0) is 26.5. The van der Waals surface area contributed by atoms with Gasteiger partial charge in [-0.05, 0) is 48.4 Å². The van der Waals surface area contributed by atoms with Gasteiger partial charge in [-0.1, -0.05) is 53.6 Å². The Bertz CT molecular complexity index is 1330. The van der Waals surface area contributed by atoms with Crippen molar-refractivity contribution in [3.05, 3.63) is 99.6 Å². The van der Waals surface area contributed by atoms with Crippen LogP contribution in [-0.4, -0.2) is 49.1 Å². The maximum Gasteiger partial charge on any atom is 0.295 e. The first-order chi connectivity index (χ1) is 17.8. The molecule has 3 aromatic carbocycles. The number of hydrogen-bond donors (Lipinski definition) is 1. The van der Waals surface area contributed by atoms with Crippen LogP contribution in [0.5, 0.6) is 11.5 Å². The van der Waals surface area contributed by atoms with Crippen molar-refractivity contribution in [3.63, 3.8) is 0 Å². The average molecular weight is 522 g/mol. The molecule has 8 heteroatoms.